The maximum atomic E-state index is 8.98. The first kappa shape index (κ1) is 13.5. The molecule has 1 unspecified atom stereocenters. The van der Waals surface area contributed by atoms with E-state index in [0.29, 0.717) is 6.42 Å². The maximum absolute atomic E-state index is 8.98. The Morgan fingerprint density at radius 3 is 2.84 bits per heavy atom. The van der Waals surface area contributed by atoms with Gasteiger partial charge in [0.2, 0.25) is 0 Å². The van der Waals surface area contributed by atoms with Crippen molar-refractivity contribution in [3.63, 3.8) is 0 Å². The summed E-state index contributed by atoms with van der Waals surface area (Å²) in [7, 11) is 3.34. The zero-order valence-corrected chi connectivity index (χ0v) is 11.6. The van der Waals surface area contributed by atoms with E-state index < -0.39 is 0 Å². The Morgan fingerprint density at radius 1 is 1.32 bits per heavy atom. The number of anilines is 1. The molecular weight excluding hydrogens is 240 g/mol. The third-order valence-corrected chi connectivity index (χ3v) is 3.65. The lowest BCUT2D eigenvalue weighted by Crippen LogP contribution is -2.39. The monoisotopic (exact) mass is 260 g/mol. The molecule has 1 aromatic rings. The van der Waals surface area contributed by atoms with Gasteiger partial charge in [-0.25, -0.2) is 0 Å². The number of rotatable bonds is 4. The number of methoxy groups -OCH3 is 2. The molecule has 1 fully saturated rings. The Balaban J connectivity index is 2.34. The fraction of sp³-hybridized carbons (Fsp3) is 0.533. The zero-order chi connectivity index (χ0) is 13.7. The van der Waals surface area contributed by atoms with Gasteiger partial charge in [-0.3, -0.25) is 0 Å². The standard InChI is InChI=1S/C15H20N2O2/c1-18-13-6-7-15(19-2)14(11-13)17-10-4-3-5-12(17)8-9-16/h6-7,11-12H,3-5,8,10H2,1-2H3. The Labute approximate surface area is 114 Å². The average molecular weight is 260 g/mol. The first-order chi connectivity index (χ1) is 9.30. The predicted octanol–water partition coefficient (Wildman–Crippen LogP) is 2.98. The van der Waals surface area contributed by atoms with Crippen molar-refractivity contribution in [2.24, 2.45) is 0 Å². The van der Waals surface area contributed by atoms with E-state index in [2.05, 4.69) is 11.0 Å². The summed E-state index contributed by atoms with van der Waals surface area (Å²) in [5.74, 6) is 1.66. The van der Waals surface area contributed by atoms with Gasteiger partial charge in [-0.05, 0) is 31.4 Å². The molecule has 2 rings (SSSR count). The van der Waals surface area contributed by atoms with Gasteiger partial charge in [-0.1, -0.05) is 0 Å². The molecule has 0 radical (unpaired) electrons. The number of nitriles is 1. The number of benzene rings is 1. The Morgan fingerprint density at radius 2 is 2.16 bits per heavy atom. The number of ether oxygens (including phenoxy) is 2. The van der Waals surface area contributed by atoms with Gasteiger partial charge in [-0.2, -0.15) is 5.26 Å². The fourth-order valence-electron chi connectivity index (χ4n) is 2.66. The highest BCUT2D eigenvalue weighted by Gasteiger charge is 2.25. The quantitative estimate of drug-likeness (QED) is 0.835. The average Bonchev–Trinajstić information content (AvgIpc) is 2.47. The summed E-state index contributed by atoms with van der Waals surface area (Å²) < 4.78 is 10.7. The highest BCUT2D eigenvalue weighted by molar-refractivity contribution is 5.62. The topological polar surface area (TPSA) is 45.5 Å². The summed E-state index contributed by atoms with van der Waals surface area (Å²) in [4.78, 5) is 2.29. The van der Waals surface area contributed by atoms with E-state index in [1.165, 1.54) is 6.42 Å². The zero-order valence-electron chi connectivity index (χ0n) is 11.6. The smallest absolute Gasteiger partial charge is 0.142 e. The lowest BCUT2D eigenvalue weighted by atomic mass is 9.98. The Kier molecular flexibility index (Phi) is 4.51. The summed E-state index contributed by atoms with van der Waals surface area (Å²) in [5.41, 5.74) is 1.03. The molecule has 0 amide bonds. The molecule has 1 aromatic carbocycles. The van der Waals surface area contributed by atoms with Gasteiger partial charge in [0.1, 0.15) is 11.5 Å². The first-order valence-electron chi connectivity index (χ1n) is 6.65. The summed E-state index contributed by atoms with van der Waals surface area (Å²) >= 11 is 0. The van der Waals surface area contributed by atoms with Crippen LogP contribution in [0.1, 0.15) is 25.7 Å². The van der Waals surface area contributed by atoms with Crippen LogP contribution in [-0.2, 0) is 0 Å². The normalized spacial score (nSPS) is 18.8. The minimum atomic E-state index is 0.278. The lowest BCUT2D eigenvalue weighted by molar-refractivity contribution is 0.396. The molecule has 0 bridgehead atoms. The van der Waals surface area contributed by atoms with Crippen molar-refractivity contribution in [3.8, 4) is 17.6 Å². The number of nitrogens with zero attached hydrogens (tertiary/aromatic N) is 2. The Hall–Kier alpha value is -1.89. The molecule has 102 valence electrons. The van der Waals surface area contributed by atoms with Crippen LogP contribution in [0.5, 0.6) is 11.5 Å². The van der Waals surface area contributed by atoms with Gasteiger partial charge in [0.25, 0.3) is 0 Å². The van der Waals surface area contributed by atoms with Gasteiger partial charge in [-0.15, -0.1) is 0 Å². The van der Waals surface area contributed by atoms with E-state index in [1.807, 2.05) is 18.2 Å². The number of hydrogen-bond donors (Lipinski definition) is 0. The van der Waals surface area contributed by atoms with E-state index in [9.17, 15) is 0 Å². The van der Waals surface area contributed by atoms with E-state index in [-0.39, 0.29) is 6.04 Å². The van der Waals surface area contributed by atoms with Crippen molar-refractivity contribution in [2.75, 3.05) is 25.7 Å². The molecular formula is C15H20N2O2. The van der Waals surface area contributed by atoms with Crippen LogP contribution in [0.4, 0.5) is 5.69 Å². The molecule has 0 aliphatic carbocycles. The maximum Gasteiger partial charge on any atom is 0.142 e. The van der Waals surface area contributed by atoms with E-state index in [4.69, 9.17) is 14.7 Å². The van der Waals surface area contributed by atoms with Crippen LogP contribution in [0.3, 0.4) is 0 Å². The molecule has 19 heavy (non-hydrogen) atoms. The molecule has 4 nitrogen and oxygen atoms in total. The van der Waals surface area contributed by atoms with Crippen molar-refractivity contribution in [3.05, 3.63) is 18.2 Å². The molecule has 0 spiro atoms. The molecule has 0 N–H and O–H groups in total. The van der Waals surface area contributed by atoms with Gasteiger partial charge >= 0.3 is 0 Å². The molecule has 0 saturated carbocycles. The number of piperidine rings is 1. The van der Waals surface area contributed by atoms with E-state index in [1.54, 1.807) is 14.2 Å². The summed E-state index contributed by atoms with van der Waals surface area (Å²) in [6.45, 7) is 0.968. The van der Waals surface area contributed by atoms with Crippen LogP contribution in [0, 0.1) is 11.3 Å². The molecule has 0 aromatic heterocycles. The molecule has 1 saturated heterocycles. The molecule has 4 heteroatoms. The van der Waals surface area contributed by atoms with E-state index >= 15 is 0 Å². The largest absolute Gasteiger partial charge is 0.497 e. The van der Waals surface area contributed by atoms with Crippen molar-refractivity contribution < 1.29 is 9.47 Å². The second-order valence-corrected chi connectivity index (χ2v) is 4.74. The lowest BCUT2D eigenvalue weighted by Gasteiger charge is -2.37. The van der Waals surface area contributed by atoms with Gasteiger partial charge in [0.15, 0.2) is 0 Å². The minimum Gasteiger partial charge on any atom is -0.497 e. The second kappa shape index (κ2) is 6.33. The first-order valence-corrected chi connectivity index (χ1v) is 6.65. The highest BCUT2D eigenvalue weighted by atomic mass is 16.5. The van der Waals surface area contributed by atoms with Crippen molar-refractivity contribution in [2.45, 2.75) is 31.7 Å². The SMILES string of the molecule is COc1ccc(OC)c(N2CCCCC2CC#N)c1. The third-order valence-electron chi connectivity index (χ3n) is 3.65. The van der Waals surface area contributed by atoms with Crippen LogP contribution >= 0.6 is 0 Å². The highest BCUT2D eigenvalue weighted by Crippen LogP contribution is 2.36. The molecule has 1 heterocycles. The second-order valence-electron chi connectivity index (χ2n) is 4.74. The third kappa shape index (κ3) is 2.93. The van der Waals surface area contributed by atoms with Crippen LogP contribution in [0.2, 0.25) is 0 Å². The van der Waals surface area contributed by atoms with Crippen LogP contribution in [-0.4, -0.2) is 26.8 Å². The van der Waals surface area contributed by atoms with Gasteiger partial charge in [0, 0.05) is 18.7 Å². The van der Waals surface area contributed by atoms with Crippen molar-refractivity contribution >= 4 is 5.69 Å². The minimum absolute atomic E-state index is 0.278. The molecule has 1 aliphatic rings. The van der Waals surface area contributed by atoms with Crippen molar-refractivity contribution in [1.82, 2.24) is 0 Å². The van der Waals surface area contributed by atoms with Crippen LogP contribution in [0.15, 0.2) is 18.2 Å². The summed E-state index contributed by atoms with van der Waals surface area (Å²) in [6.07, 6.45) is 3.96. The Bertz CT molecular complexity index is 468. The van der Waals surface area contributed by atoms with E-state index in [0.717, 1.165) is 36.6 Å². The predicted molar refractivity (Wildman–Crippen MR) is 74.8 cm³/mol. The van der Waals surface area contributed by atoms with Crippen molar-refractivity contribution in [1.29, 1.82) is 5.26 Å². The number of hydrogen-bond acceptors (Lipinski definition) is 4. The van der Waals surface area contributed by atoms with Crippen LogP contribution in [0.25, 0.3) is 0 Å². The molecule has 1 aliphatic heterocycles. The summed E-state index contributed by atoms with van der Waals surface area (Å²) in [6, 6.07) is 8.38. The van der Waals surface area contributed by atoms with Gasteiger partial charge in [0.05, 0.1) is 32.4 Å². The molecule has 1 atom stereocenters. The van der Waals surface area contributed by atoms with Crippen LogP contribution < -0.4 is 14.4 Å². The van der Waals surface area contributed by atoms with Gasteiger partial charge < -0.3 is 14.4 Å². The fourth-order valence-corrected chi connectivity index (χ4v) is 2.66. The summed E-state index contributed by atoms with van der Waals surface area (Å²) in [5, 5.41) is 8.98.